The summed E-state index contributed by atoms with van der Waals surface area (Å²) in [6.45, 7) is 6.18. The maximum atomic E-state index is 5.00. The maximum Gasteiger partial charge on any atom is 0.169 e. The van der Waals surface area contributed by atoms with Gasteiger partial charge in [-0.05, 0) is 13.8 Å². The highest BCUT2D eigenvalue weighted by Crippen LogP contribution is 2.09. The predicted octanol–water partition coefficient (Wildman–Crippen LogP) is 2.06. The molecule has 0 aromatic carbocycles. The molecule has 1 aromatic rings. The zero-order valence-electron chi connectivity index (χ0n) is 7.22. The quantitative estimate of drug-likeness (QED) is 0.724. The van der Waals surface area contributed by atoms with Crippen molar-refractivity contribution in [1.82, 2.24) is 5.16 Å². The molecule has 0 bridgehead atoms. The second kappa shape index (κ2) is 3.42. The van der Waals surface area contributed by atoms with Gasteiger partial charge in [-0.25, -0.2) is 0 Å². The van der Waals surface area contributed by atoms with Crippen LogP contribution in [-0.2, 0) is 6.42 Å². The van der Waals surface area contributed by atoms with Crippen LogP contribution in [0.15, 0.2) is 10.6 Å². The van der Waals surface area contributed by atoms with Crippen molar-refractivity contribution in [3.05, 3.63) is 11.8 Å². The minimum absolute atomic E-state index is 0.407. The number of aryl methyl sites for hydroxylation is 1. The third-order valence-corrected chi connectivity index (χ3v) is 1.34. The lowest BCUT2D eigenvalue weighted by Crippen LogP contribution is -2.09. The zero-order chi connectivity index (χ0) is 8.27. The Morgan fingerprint density at radius 2 is 2.36 bits per heavy atom. The second-order valence-corrected chi connectivity index (χ2v) is 2.83. The second-order valence-electron chi connectivity index (χ2n) is 2.83. The molecule has 1 rings (SSSR count). The minimum Gasteiger partial charge on any atom is -0.365 e. The Hall–Kier alpha value is -0.990. The van der Waals surface area contributed by atoms with Gasteiger partial charge < -0.3 is 9.84 Å². The average molecular weight is 154 g/mol. The first kappa shape index (κ1) is 8.11. The predicted molar refractivity (Wildman–Crippen MR) is 44.6 cm³/mol. The summed E-state index contributed by atoms with van der Waals surface area (Å²) in [5.74, 6) is 1.75. The van der Waals surface area contributed by atoms with Crippen molar-refractivity contribution in [1.29, 1.82) is 0 Å². The Labute approximate surface area is 66.8 Å². The average Bonchev–Trinajstić information content (AvgIpc) is 2.34. The van der Waals surface area contributed by atoms with E-state index < -0.39 is 0 Å². The number of nitrogens with one attached hydrogen (secondary N) is 1. The van der Waals surface area contributed by atoms with Gasteiger partial charge in [0.1, 0.15) is 5.76 Å². The monoisotopic (exact) mass is 154 g/mol. The Balaban J connectivity index is 2.58. The lowest BCUT2D eigenvalue weighted by Gasteiger charge is -2.03. The summed E-state index contributed by atoms with van der Waals surface area (Å²) in [5.41, 5.74) is 0. The summed E-state index contributed by atoms with van der Waals surface area (Å²) in [6, 6.07) is 2.34. The van der Waals surface area contributed by atoms with Crippen LogP contribution in [0.3, 0.4) is 0 Å². The number of hydrogen-bond donors (Lipinski definition) is 1. The fourth-order valence-corrected chi connectivity index (χ4v) is 0.843. The molecular formula is C8H14N2O. The van der Waals surface area contributed by atoms with Gasteiger partial charge in [0.05, 0.1) is 0 Å². The van der Waals surface area contributed by atoms with Crippen LogP contribution in [0, 0.1) is 0 Å². The van der Waals surface area contributed by atoms with Crippen LogP contribution in [0.4, 0.5) is 5.82 Å². The summed E-state index contributed by atoms with van der Waals surface area (Å²) in [6.07, 6.45) is 0.896. The largest absolute Gasteiger partial charge is 0.365 e. The molecule has 1 aromatic heterocycles. The van der Waals surface area contributed by atoms with Crippen molar-refractivity contribution in [2.45, 2.75) is 33.2 Å². The van der Waals surface area contributed by atoms with Crippen LogP contribution in [0.1, 0.15) is 26.5 Å². The van der Waals surface area contributed by atoms with E-state index in [2.05, 4.69) is 24.3 Å². The first-order valence-corrected chi connectivity index (χ1v) is 3.94. The van der Waals surface area contributed by atoms with Gasteiger partial charge in [0.2, 0.25) is 0 Å². The highest BCUT2D eigenvalue weighted by molar-refractivity contribution is 5.34. The van der Waals surface area contributed by atoms with Crippen LogP contribution >= 0.6 is 0 Å². The van der Waals surface area contributed by atoms with Crippen molar-refractivity contribution in [2.75, 3.05) is 5.32 Å². The van der Waals surface area contributed by atoms with Crippen molar-refractivity contribution in [2.24, 2.45) is 0 Å². The molecule has 3 heteroatoms. The molecule has 1 heterocycles. The van der Waals surface area contributed by atoms with Gasteiger partial charge in [0.25, 0.3) is 0 Å². The van der Waals surface area contributed by atoms with Crippen molar-refractivity contribution in [3.8, 4) is 0 Å². The van der Waals surface area contributed by atoms with Crippen molar-refractivity contribution in [3.63, 3.8) is 0 Å². The molecule has 0 aliphatic heterocycles. The van der Waals surface area contributed by atoms with Crippen LogP contribution in [0.2, 0.25) is 0 Å². The third kappa shape index (κ3) is 2.26. The van der Waals surface area contributed by atoms with Gasteiger partial charge in [-0.3, -0.25) is 0 Å². The molecular weight excluding hydrogens is 140 g/mol. The van der Waals surface area contributed by atoms with E-state index in [4.69, 9.17) is 4.52 Å². The molecule has 3 nitrogen and oxygen atoms in total. The van der Waals surface area contributed by atoms with Crippen molar-refractivity contribution < 1.29 is 4.52 Å². The molecule has 0 aliphatic carbocycles. The van der Waals surface area contributed by atoms with Crippen LogP contribution in [0.25, 0.3) is 0 Å². The maximum absolute atomic E-state index is 5.00. The van der Waals surface area contributed by atoms with Gasteiger partial charge in [0, 0.05) is 18.5 Å². The van der Waals surface area contributed by atoms with Gasteiger partial charge >= 0.3 is 0 Å². The molecule has 0 saturated heterocycles. The van der Waals surface area contributed by atoms with Gasteiger partial charge in [-0.2, -0.15) is 0 Å². The SMILES string of the molecule is CCc1cc(NC(C)C)no1. The molecule has 0 aliphatic rings. The molecule has 0 fully saturated rings. The summed E-state index contributed by atoms with van der Waals surface area (Å²) < 4.78 is 5.00. The molecule has 0 atom stereocenters. The van der Waals surface area contributed by atoms with E-state index in [-0.39, 0.29) is 0 Å². The lowest BCUT2D eigenvalue weighted by molar-refractivity contribution is 0.388. The number of anilines is 1. The van der Waals surface area contributed by atoms with E-state index in [0.29, 0.717) is 6.04 Å². The lowest BCUT2D eigenvalue weighted by atomic mass is 10.3. The highest BCUT2D eigenvalue weighted by Gasteiger charge is 2.01. The minimum atomic E-state index is 0.407. The summed E-state index contributed by atoms with van der Waals surface area (Å²) >= 11 is 0. The van der Waals surface area contributed by atoms with Crippen LogP contribution in [0.5, 0.6) is 0 Å². The topological polar surface area (TPSA) is 38.1 Å². The van der Waals surface area contributed by atoms with E-state index in [1.165, 1.54) is 0 Å². The highest BCUT2D eigenvalue weighted by atomic mass is 16.5. The Kier molecular flexibility index (Phi) is 2.52. The fourth-order valence-electron chi connectivity index (χ4n) is 0.843. The molecule has 0 unspecified atom stereocenters. The first-order valence-electron chi connectivity index (χ1n) is 3.94. The number of rotatable bonds is 3. The standard InChI is InChI=1S/C8H14N2O/c1-4-7-5-8(10-11-7)9-6(2)3/h5-6H,4H2,1-3H3,(H,9,10). The van der Waals surface area contributed by atoms with Gasteiger partial charge in [0.15, 0.2) is 5.82 Å². The van der Waals surface area contributed by atoms with E-state index in [0.717, 1.165) is 18.0 Å². The Bertz CT molecular complexity index is 218. The molecule has 11 heavy (non-hydrogen) atoms. The van der Waals surface area contributed by atoms with Crippen molar-refractivity contribution >= 4 is 5.82 Å². The molecule has 0 spiro atoms. The van der Waals surface area contributed by atoms with E-state index in [1.54, 1.807) is 0 Å². The third-order valence-electron chi connectivity index (χ3n) is 1.34. The molecule has 0 radical (unpaired) electrons. The van der Waals surface area contributed by atoms with Crippen LogP contribution in [-0.4, -0.2) is 11.2 Å². The van der Waals surface area contributed by atoms with E-state index >= 15 is 0 Å². The number of nitrogens with zero attached hydrogens (tertiary/aromatic N) is 1. The zero-order valence-corrected chi connectivity index (χ0v) is 7.22. The smallest absolute Gasteiger partial charge is 0.169 e. The first-order chi connectivity index (χ1) is 5.22. The summed E-state index contributed by atoms with van der Waals surface area (Å²) in [7, 11) is 0. The fraction of sp³-hybridized carbons (Fsp3) is 0.625. The normalized spacial score (nSPS) is 10.5. The Morgan fingerprint density at radius 3 is 2.82 bits per heavy atom. The molecule has 0 amide bonds. The number of aromatic nitrogens is 1. The molecule has 1 N–H and O–H groups in total. The van der Waals surface area contributed by atoms with Gasteiger partial charge in [-0.15, -0.1) is 0 Å². The van der Waals surface area contributed by atoms with E-state index in [1.807, 2.05) is 13.0 Å². The molecule has 0 saturated carbocycles. The summed E-state index contributed by atoms with van der Waals surface area (Å²) in [5, 5.41) is 7.00. The van der Waals surface area contributed by atoms with Crippen LogP contribution < -0.4 is 5.32 Å². The number of hydrogen-bond acceptors (Lipinski definition) is 3. The van der Waals surface area contributed by atoms with Gasteiger partial charge in [-0.1, -0.05) is 12.1 Å². The molecule has 62 valence electrons. The van der Waals surface area contributed by atoms with E-state index in [9.17, 15) is 0 Å². The Morgan fingerprint density at radius 1 is 1.64 bits per heavy atom. The summed E-state index contributed by atoms with van der Waals surface area (Å²) in [4.78, 5) is 0.